The zero-order valence-electron chi connectivity index (χ0n) is 10.9. The first-order valence-electron chi connectivity index (χ1n) is 6.40. The molecule has 0 radical (unpaired) electrons. The normalized spacial score (nSPS) is 16.0. The van der Waals surface area contributed by atoms with E-state index in [1.54, 1.807) is 6.20 Å². The summed E-state index contributed by atoms with van der Waals surface area (Å²) in [4.78, 5) is 6.64. The van der Waals surface area contributed by atoms with Gasteiger partial charge in [-0.15, -0.1) is 12.4 Å². The van der Waals surface area contributed by atoms with Gasteiger partial charge >= 0.3 is 0 Å². The SMILES string of the molecule is Cl.NC1CCN(c2cc(-c3ccn[nH]3)cc(Cl)n2)CC1. The highest BCUT2D eigenvalue weighted by Crippen LogP contribution is 2.26. The number of nitrogens with zero attached hydrogens (tertiary/aromatic N) is 3. The van der Waals surface area contributed by atoms with E-state index in [1.807, 2.05) is 18.2 Å². The molecular weight excluding hydrogens is 297 g/mol. The number of nitrogens with one attached hydrogen (secondary N) is 1. The molecule has 0 spiro atoms. The van der Waals surface area contributed by atoms with Crippen LogP contribution in [0.4, 0.5) is 5.82 Å². The Morgan fingerprint density at radius 2 is 2.05 bits per heavy atom. The molecule has 2 aromatic heterocycles. The lowest BCUT2D eigenvalue weighted by Gasteiger charge is -2.31. The highest BCUT2D eigenvalue weighted by Gasteiger charge is 2.18. The summed E-state index contributed by atoms with van der Waals surface area (Å²) >= 11 is 6.12. The minimum Gasteiger partial charge on any atom is -0.356 e. The van der Waals surface area contributed by atoms with Crippen LogP contribution in [0.5, 0.6) is 0 Å². The van der Waals surface area contributed by atoms with Crippen LogP contribution in [0.1, 0.15) is 12.8 Å². The van der Waals surface area contributed by atoms with Gasteiger partial charge in [0.1, 0.15) is 11.0 Å². The van der Waals surface area contributed by atoms with Crippen LogP contribution in [0.25, 0.3) is 11.3 Å². The molecule has 1 aliphatic rings. The molecule has 0 unspecified atom stereocenters. The Kier molecular flexibility index (Phi) is 4.86. The molecule has 0 aliphatic carbocycles. The van der Waals surface area contributed by atoms with E-state index >= 15 is 0 Å². The second-order valence-electron chi connectivity index (χ2n) is 4.83. The van der Waals surface area contributed by atoms with Crippen molar-refractivity contribution in [1.29, 1.82) is 0 Å². The summed E-state index contributed by atoms with van der Waals surface area (Å²) in [7, 11) is 0. The van der Waals surface area contributed by atoms with Crippen molar-refractivity contribution in [2.24, 2.45) is 5.73 Å². The zero-order valence-corrected chi connectivity index (χ0v) is 12.5. The van der Waals surface area contributed by atoms with Crippen molar-refractivity contribution in [3.8, 4) is 11.3 Å². The zero-order chi connectivity index (χ0) is 13.2. The standard InChI is InChI=1S/C13H16ClN5.ClH/c14-12-7-9(11-1-4-16-18-11)8-13(17-12)19-5-2-10(15)3-6-19;/h1,4,7-8,10H,2-3,5-6,15H2,(H,16,18);1H. The molecule has 0 bridgehead atoms. The molecule has 0 saturated carbocycles. The summed E-state index contributed by atoms with van der Waals surface area (Å²) in [6.45, 7) is 1.86. The second kappa shape index (κ2) is 6.43. The van der Waals surface area contributed by atoms with E-state index in [4.69, 9.17) is 17.3 Å². The predicted octanol–water partition coefficient (Wildman–Crippen LogP) is 2.47. The topological polar surface area (TPSA) is 70.8 Å². The highest BCUT2D eigenvalue weighted by molar-refractivity contribution is 6.29. The molecule has 2 aromatic rings. The summed E-state index contributed by atoms with van der Waals surface area (Å²) < 4.78 is 0. The molecule has 1 aliphatic heterocycles. The number of pyridine rings is 1. The Bertz CT molecular complexity index is 550. The molecule has 108 valence electrons. The van der Waals surface area contributed by atoms with Gasteiger partial charge in [-0.25, -0.2) is 4.98 Å². The number of aromatic amines is 1. The van der Waals surface area contributed by atoms with Crippen molar-refractivity contribution in [2.75, 3.05) is 18.0 Å². The van der Waals surface area contributed by atoms with Gasteiger partial charge in [0.15, 0.2) is 0 Å². The minimum atomic E-state index is 0. The van der Waals surface area contributed by atoms with Gasteiger partial charge in [-0.2, -0.15) is 5.10 Å². The second-order valence-corrected chi connectivity index (χ2v) is 5.22. The van der Waals surface area contributed by atoms with Crippen LogP contribution in [0.15, 0.2) is 24.4 Å². The Balaban J connectivity index is 0.00000147. The van der Waals surface area contributed by atoms with Crippen molar-refractivity contribution < 1.29 is 0 Å². The van der Waals surface area contributed by atoms with Crippen molar-refractivity contribution in [3.05, 3.63) is 29.5 Å². The summed E-state index contributed by atoms with van der Waals surface area (Å²) in [5.41, 5.74) is 7.87. The lowest BCUT2D eigenvalue weighted by molar-refractivity contribution is 0.499. The van der Waals surface area contributed by atoms with Gasteiger partial charge in [0.25, 0.3) is 0 Å². The Hall–Kier alpha value is -1.30. The first-order valence-corrected chi connectivity index (χ1v) is 6.78. The third kappa shape index (κ3) is 3.23. The lowest BCUT2D eigenvalue weighted by atomic mass is 10.1. The molecule has 1 saturated heterocycles. The number of rotatable bonds is 2. The van der Waals surface area contributed by atoms with Crippen LogP contribution >= 0.6 is 24.0 Å². The maximum absolute atomic E-state index is 6.12. The minimum absolute atomic E-state index is 0. The highest BCUT2D eigenvalue weighted by atomic mass is 35.5. The number of nitrogens with two attached hydrogens (primary N) is 1. The van der Waals surface area contributed by atoms with Crippen LogP contribution in [0, 0.1) is 0 Å². The van der Waals surface area contributed by atoms with Crippen molar-refractivity contribution in [2.45, 2.75) is 18.9 Å². The monoisotopic (exact) mass is 313 g/mol. The van der Waals surface area contributed by atoms with Gasteiger partial charge < -0.3 is 10.6 Å². The van der Waals surface area contributed by atoms with Crippen LogP contribution in [0.3, 0.4) is 0 Å². The Morgan fingerprint density at radius 3 is 2.70 bits per heavy atom. The largest absolute Gasteiger partial charge is 0.356 e. The molecule has 3 rings (SSSR count). The van der Waals surface area contributed by atoms with E-state index in [-0.39, 0.29) is 12.4 Å². The predicted molar refractivity (Wildman–Crippen MR) is 83.5 cm³/mol. The number of H-pyrrole nitrogens is 1. The molecule has 0 aromatic carbocycles. The maximum atomic E-state index is 6.12. The average molecular weight is 314 g/mol. The number of aromatic nitrogens is 3. The fourth-order valence-corrected chi connectivity index (χ4v) is 2.55. The lowest BCUT2D eigenvalue weighted by Crippen LogP contribution is -2.40. The van der Waals surface area contributed by atoms with Gasteiger partial charge in [-0.1, -0.05) is 11.6 Å². The number of piperidine rings is 1. The van der Waals surface area contributed by atoms with Crippen LogP contribution in [-0.4, -0.2) is 34.3 Å². The van der Waals surface area contributed by atoms with Crippen molar-refractivity contribution in [3.63, 3.8) is 0 Å². The first kappa shape index (κ1) is 15.1. The summed E-state index contributed by atoms with van der Waals surface area (Å²) in [5, 5.41) is 7.40. The van der Waals surface area contributed by atoms with E-state index < -0.39 is 0 Å². The quantitative estimate of drug-likeness (QED) is 0.836. The van der Waals surface area contributed by atoms with Crippen LogP contribution < -0.4 is 10.6 Å². The first-order chi connectivity index (χ1) is 9.22. The number of anilines is 1. The number of hydrogen-bond donors (Lipinski definition) is 2. The van der Waals surface area contributed by atoms with E-state index in [1.165, 1.54) is 0 Å². The molecule has 0 amide bonds. The van der Waals surface area contributed by atoms with E-state index in [9.17, 15) is 0 Å². The molecule has 0 atom stereocenters. The third-order valence-electron chi connectivity index (χ3n) is 3.46. The average Bonchev–Trinajstić information content (AvgIpc) is 2.93. The van der Waals surface area contributed by atoms with Gasteiger partial charge in [0, 0.05) is 30.9 Å². The third-order valence-corrected chi connectivity index (χ3v) is 3.65. The van der Waals surface area contributed by atoms with Gasteiger partial charge in [0.05, 0.1) is 5.69 Å². The molecular formula is C13H17Cl2N5. The van der Waals surface area contributed by atoms with Gasteiger partial charge in [-0.3, -0.25) is 5.10 Å². The van der Waals surface area contributed by atoms with Crippen molar-refractivity contribution >= 4 is 29.8 Å². The Morgan fingerprint density at radius 1 is 1.30 bits per heavy atom. The Labute approximate surface area is 128 Å². The fraction of sp³-hybridized carbons (Fsp3) is 0.385. The number of hydrogen-bond acceptors (Lipinski definition) is 4. The van der Waals surface area contributed by atoms with E-state index in [0.717, 1.165) is 43.0 Å². The molecule has 3 heterocycles. The molecule has 3 N–H and O–H groups in total. The molecule has 5 nitrogen and oxygen atoms in total. The smallest absolute Gasteiger partial charge is 0.132 e. The van der Waals surface area contributed by atoms with Gasteiger partial charge in [0.2, 0.25) is 0 Å². The maximum Gasteiger partial charge on any atom is 0.132 e. The van der Waals surface area contributed by atoms with Crippen LogP contribution in [-0.2, 0) is 0 Å². The van der Waals surface area contributed by atoms with E-state index in [2.05, 4.69) is 20.1 Å². The summed E-state index contributed by atoms with van der Waals surface area (Å²) in [5.74, 6) is 0.906. The van der Waals surface area contributed by atoms with Gasteiger partial charge in [-0.05, 0) is 31.0 Å². The van der Waals surface area contributed by atoms with Crippen LogP contribution in [0.2, 0.25) is 5.15 Å². The molecule has 1 fully saturated rings. The molecule has 20 heavy (non-hydrogen) atoms. The van der Waals surface area contributed by atoms with Crippen molar-refractivity contribution in [1.82, 2.24) is 15.2 Å². The number of halogens is 2. The molecule has 7 heteroatoms. The summed E-state index contributed by atoms with van der Waals surface area (Å²) in [6.07, 6.45) is 3.71. The fourth-order valence-electron chi connectivity index (χ4n) is 2.35. The summed E-state index contributed by atoms with van der Waals surface area (Å²) in [6, 6.07) is 6.11. The van der Waals surface area contributed by atoms with E-state index in [0.29, 0.717) is 11.2 Å².